The Bertz CT molecular complexity index is 337. The molecule has 1 unspecified atom stereocenters. The second-order valence-corrected chi connectivity index (χ2v) is 4.96. The Morgan fingerprint density at radius 3 is 2.76 bits per heavy atom. The summed E-state index contributed by atoms with van der Waals surface area (Å²) in [5, 5.41) is 8.92. The van der Waals surface area contributed by atoms with Gasteiger partial charge in [-0.05, 0) is 49.4 Å². The molecule has 2 rings (SSSR count). The lowest BCUT2D eigenvalue weighted by atomic mass is 10.1. The Morgan fingerprint density at radius 2 is 2.06 bits per heavy atom. The van der Waals surface area contributed by atoms with Gasteiger partial charge in [-0.15, -0.1) is 0 Å². The van der Waals surface area contributed by atoms with Crippen LogP contribution in [0.1, 0.15) is 18.4 Å². The molecule has 1 aliphatic heterocycles. The molecule has 0 bridgehead atoms. The van der Waals surface area contributed by atoms with Gasteiger partial charge in [0, 0.05) is 25.4 Å². The second kappa shape index (κ2) is 6.03. The highest BCUT2D eigenvalue weighted by molar-refractivity contribution is 5.39. The number of aliphatic hydroxyl groups excluding tert-OH is 1. The minimum Gasteiger partial charge on any atom is -0.399 e. The second-order valence-electron chi connectivity index (χ2n) is 4.96. The molecule has 94 valence electrons. The van der Waals surface area contributed by atoms with Crippen LogP contribution >= 0.6 is 0 Å². The molecule has 1 aromatic rings. The topological polar surface area (TPSA) is 49.5 Å². The number of nitrogen functional groups attached to an aromatic ring is 1. The maximum absolute atomic E-state index is 8.92. The van der Waals surface area contributed by atoms with E-state index in [0.717, 1.165) is 31.6 Å². The van der Waals surface area contributed by atoms with Crippen molar-refractivity contribution in [3.63, 3.8) is 0 Å². The van der Waals surface area contributed by atoms with Crippen LogP contribution < -0.4 is 5.73 Å². The number of hydrogen-bond donors (Lipinski definition) is 2. The summed E-state index contributed by atoms with van der Waals surface area (Å²) in [7, 11) is 0. The van der Waals surface area contributed by atoms with Crippen molar-refractivity contribution in [3.8, 4) is 0 Å². The van der Waals surface area contributed by atoms with Crippen LogP contribution in [0, 0.1) is 5.92 Å². The first-order chi connectivity index (χ1) is 8.28. The molecule has 1 aliphatic rings. The predicted molar refractivity (Wildman–Crippen MR) is 70.8 cm³/mol. The van der Waals surface area contributed by atoms with E-state index in [0.29, 0.717) is 12.5 Å². The minimum atomic E-state index is 0.330. The standard InChI is InChI=1S/C14H22N2O/c15-14-3-1-12(2-4-14)5-8-16-9-6-13(11-16)7-10-17/h1-4,13,17H,5-11,15H2. The van der Waals surface area contributed by atoms with Crippen LogP contribution in [0.15, 0.2) is 24.3 Å². The van der Waals surface area contributed by atoms with Crippen molar-refractivity contribution >= 4 is 5.69 Å². The number of hydrogen-bond acceptors (Lipinski definition) is 3. The van der Waals surface area contributed by atoms with E-state index < -0.39 is 0 Å². The highest BCUT2D eigenvalue weighted by Gasteiger charge is 2.21. The fraction of sp³-hybridized carbons (Fsp3) is 0.571. The highest BCUT2D eigenvalue weighted by Crippen LogP contribution is 2.19. The molecule has 1 heterocycles. The van der Waals surface area contributed by atoms with Crippen LogP contribution in [0.25, 0.3) is 0 Å². The molecule has 0 aromatic heterocycles. The summed E-state index contributed by atoms with van der Waals surface area (Å²) in [4.78, 5) is 2.50. The smallest absolute Gasteiger partial charge is 0.0434 e. The first kappa shape index (κ1) is 12.4. The number of rotatable bonds is 5. The van der Waals surface area contributed by atoms with Gasteiger partial charge in [-0.1, -0.05) is 12.1 Å². The van der Waals surface area contributed by atoms with Crippen molar-refractivity contribution in [3.05, 3.63) is 29.8 Å². The van der Waals surface area contributed by atoms with Crippen LogP contribution in [-0.2, 0) is 6.42 Å². The number of nitrogens with two attached hydrogens (primary N) is 1. The van der Waals surface area contributed by atoms with Gasteiger partial charge < -0.3 is 15.7 Å². The molecule has 0 aliphatic carbocycles. The molecular formula is C14H22N2O. The number of nitrogens with zero attached hydrogens (tertiary/aromatic N) is 1. The number of likely N-dealkylation sites (tertiary alicyclic amines) is 1. The Balaban J connectivity index is 1.74. The fourth-order valence-corrected chi connectivity index (χ4v) is 2.51. The Kier molecular flexibility index (Phi) is 4.40. The Hall–Kier alpha value is -1.06. The van der Waals surface area contributed by atoms with E-state index in [9.17, 15) is 0 Å². The zero-order chi connectivity index (χ0) is 12.1. The summed E-state index contributed by atoms with van der Waals surface area (Å²) < 4.78 is 0. The average molecular weight is 234 g/mol. The van der Waals surface area contributed by atoms with Gasteiger partial charge in [-0.2, -0.15) is 0 Å². The van der Waals surface area contributed by atoms with Crippen molar-refractivity contribution in [1.82, 2.24) is 4.90 Å². The molecule has 0 saturated carbocycles. The van der Waals surface area contributed by atoms with Crippen LogP contribution in [0.5, 0.6) is 0 Å². The van der Waals surface area contributed by atoms with Gasteiger partial charge in [0.1, 0.15) is 0 Å². The highest BCUT2D eigenvalue weighted by atomic mass is 16.3. The van der Waals surface area contributed by atoms with Gasteiger partial charge in [0.15, 0.2) is 0 Å². The van der Waals surface area contributed by atoms with Gasteiger partial charge in [-0.3, -0.25) is 0 Å². The molecule has 0 spiro atoms. The van der Waals surface area contributed by atoms with Gasteiger partial charge in [0.25, 0.3) is 0 Å². The van der Waals surface area contributed by atoms with E-state index >= 15 is 0 Å². The van der Waals surface area contributed by atoms with Crippen molar-refractivity contribution in [2.75, 3.05) is 32.0 Å². The van der Waals surface area contributed by atoms with Crippen molar-refractivity contribution < 1.29 is 5.11 Å². The molecule has 3 N–H and O–H groups in total. The van der Waals surface area contributed by atoms with Gasteiger partial charge in [0.05, 0.1) is 0 Å². The summed E-state index contributed by atoms with van der Waals surface area (Å²) in [6.45, 7) is 3.78. The Morgan fingerprint density at radius 1 is 1.29 bits per heavy atom. The minimum absolute atomic E-state index is 0.330. The third-order valence-corrected chi connectivity index (χ3v) is 3.60. The van der Waals surface area contributed by atoms with E-state index in [4.69, 9.17) is 10.8 Å². The summed E-state index contributed by atoms with van der Waals surface area (Å²) in [6.07, 6.45) is 3.28. The quantitative estimate of drug-likeness (QED) is 0.759. The lowest BCUT2D eigenvalue weighted by molar-refractivity contribution is 0.251. The van der Waals surface area contributed by atoms with Crippen molar-refractivity contribution in [2.45, 2.75) is 19.3 Å². The van der Waals surface area contributed by atoms with E-state index in [1.54, 1.807) is 0 Å². The normalized spacial score (nSPS) is 20.9. The lowest BCUT2D eigenvalue weighted by Crippen LogP contribution is -2.23. The predicted octanol–water partition coefficient (Wildman–Crippen LogP) is 1.52. The fourth-order valence-electron chi connectivity index (χ4n) is 2.51. The monoisotopic (exact) mass is 234 g/mol. The SMILES string of the molecule is Nc1ccc(CCN2CCC(CCO)C2)cc1. The molecule has 1 atom stereocenters. The summed E-state index contributed by atoms with van der Waals surface area (Å²) in [5.41, 5.74) is 7.85. The first-order valence-electron chi connectivity index (χ1n) is 6.45. The van der Waals surface area contributed by atoms with E-state index in [2.05, 4.69) is 17.0 Å². The number of benzene rings is 1. The zero-order valence-corrected chi connectivity index (χ0v) is 10.3. The zero-order valence-electron chi connectivity index (χ0n) is 10.3. The first-order valence-corrected chi connectivity index (χ1v) is 6.45. The number of anilines is 1. The molecular weight excluding hydrogens is 212 g/mol. The molecule has 1 fully saturated rings. The van der Waals surface area contributed by atoms with Gasteiger partial charge in [-0.25, -0.2) is 0 Å². The molecule has 0 amide bonds. The molecule has 1 aromatic carbocycles. The van der Waals surface area contributed by atoms with Crippen LogP contribution in [-0.4, -0.2) is 36.2 Å². The lowest BCUT2D eigenvalue weighted by Gasteiger charge is -2.15. The average Bonchev–Trinajstić information content (AvgIpc) is 2.77. The maximum Gasteiger partial charge on any atom is 0.0434 e. The van der Waals surface area contributed by atoms with Gasteiger partial charge in [0.2, 0.25) is 0 Å². The summed E-state index contributed by atoms with van der Waals surface area (Å²) in [5.74, 6) is 0.700. The largest absolute Gasteiger partial charge is 0.399 e. The van der Waals surface area contributed by atoms with Crippen molar-refractivity contribution in [1.29, 1.82) is 0 Å². The van der Waals surface area contributed by atoms with E-state index in [-0.39, 0.29) is 0 Å². The molecule has 0 radical (unpaired) electrons. The summed E-state index contributed by atoms with van der Waals surface area (Å²) in [6, 6.07) is 8.15. The number of aliphatic hydroxyl groups is 1. The van der Waals surface area contributed by atoms with Crippen LogP contribution in [0.4, 0.5) is 5.69 Å². The molecule has 17 heavy (non-hydrogen) atoms. The van der Waals surface area contributed by atoms with E-state index in [1.807, 2.05) is 12.1 Å². The molecule has 1 saturated heterocycles. The van der Waals surface area contributed by atoms with Crippen LogP contribution in [0.2, 0.25) is 0 Å². The third kappa shape index (κ3) is 3.72. The molecule has 3 heteroatoms. The summed E-state index contributed by atoms with van der Waals surface area (Å²) >= 11 is 0. The Labute approximate surface area is 103 Å². The maximum atomic E-state index is 8.92. The van der Waals surface area contributed by atoms with Crippen molar-refractivity contribution in [2.24, 2.45) is 5.92 Å². The van der Waals surface area contributed by atoms with Crippen LogP contribution in [0.3, 0.4) is 0 Å². The third-order valence-electron chi connectivity index (χ3n) is 3.60. The van der Waals surface area contributed by atoms with E-state index in [1.165, 1.54) is 18.5 Å². The van der Waals surface area contributed by atoms with Gasteiger partial charge >= 0.3 is 0 Å². The molecule has 3 nitrogen and oxygen atoms in total.